The van der Waals surface area contributed by atoms with Gasteiger partial charge in [0.15, 0.2) is 0 Å². The molecule has 20 N–H and O–H groups in total. The highest BCUT2D eigenvalue weighted by Crippen LogP contribution is 2.30. The molecule has 5 aromatic rings. The predicted octanol–water partition coefficient (Wildman–Crippen LogP) is -1.50. The summed E-state index contributed by atoms with van der Waals surface area (Å²) in [5.74, 6) is -17.8. The zero-order valence-electron chi connectivity index (χ0n) is 76.3. The number of nitrogens with one attached hydrogen (secondary N) is 11. The van der Waals surface area contributed by atoms with Gasteiger partial charge in [-0.1, -0.05) is 94.8 Å². The van der Waals surface area contributed by atoms with E-state index in [2.05, 4.69) is 58.2 Å². The van der Waals surface area contributed by atoms with Gasteiger partial charge in [-0.05, 0) is 136 Å². The van der Waals surface area contributed by atoms with Gasteiger partial charge in [-0.25, -0.2) is 0 Å². The van der Waals surface area contributed by atoms with Gasteiger partial charge in [0.2, 0.25) is 100 Å². The van der Waals surface area contributed by atoms with Gasteiger partial charge in [-0.3, -0.25) is 86.3 Å². The molecule has 2 aromatic heterocycles. The Kier molecular flexibility index (Phi) is 37.4. The van der Waals surface area contributed by atoms with Crippen molar-refractivity contribution < 1.29 is 102 Å². The maximum atomic E-state index is 15.7. The highest BCUT2D eigenvalue weighted by molar-refractivity contribution is 8.00. The number of rotatable bonds is 20. The van der Waals surface area contributed by atoms with Crippen LogP contribution in [0.3, 0.4) is 0 Å². The lowest BCUT2D eigenvalue weighted by Crippen LogP contribution is -2.61. The Labute approximate surface area is 779 Å². The number of phenolic OH excluding ortho intramolecular Hbond substituents is 1. The molecule has 7 heterocycles. The van der Waals surface area contributed by atoms with Gasteiger partial charge in [0.1, 0.15) is 84.3 Å². The maximum Gasteiger partial charge on any atom is 0.305 e. The summed E-state index contributed by atoms with van der Waals surface area (Å²) in [6.45, 7) is 4.78. The van der Waals surface area contributed by atoms with Gasteiger partial charge in [0.25, 0.3) is 0 Å². The number of aromatic amines is 1. The number of aliphatic hydroxyl groups is 1. The largest absolute Gasteiger partial charge is 0.508 e. The van der Waals surface area contributed by atoms with Gasteiger partial charge >= 0.3 is 5.97 Å². The lowest BCUT2D eigenvalue weighted by molar-refractivity contribution is -0.145. The Morgan fingerprint density at radius 1 is 0.537 bits per heavy atom. The molecule has 4 saturated heterocycles. The van der Waals surface area contributed by atoms with Crippen molar-refractivity contribution in [3.05, 3.63) is 114 Å². The van der Waals surface area contributed by atoms with Gasteiger partial charge < -0.3 is 120 Å². The number of aromatic hydroxyl groups is 1. The SMILES string of the molecule is CC(C)C[C@@H]1NC(=O)C2CC/C=C/CCCCC(NC(=O)[C@H](Cc3cn(CCC(=O)O)c4ccccc34)NC(=O)[C@H](CCN)NC(=O)[C@H](Cc3c[nH]c4ccccc34)NC(=O)[C@@H]3C[C@@H](O)CN3C(=O)[C@H](CC(C)C)NC(=O)CNC(=O)[C@H]3CCCN3C(=O)[C@@H](CC(N)=O)NC(=O)[C@@H]3CCCN3C(=O)[C@H](Cc3ccc(O)cc3)NC(=O)CSC[C@@H](C(=O)NCC(N)=O)N(C)C1=O)C(=O)N2C. The number of nitrogens with zero attached hydrogens (tertiary/aromatic N) is 6. The summed E-state index contributed by atoms with van der Waals surface area (Å²) in [6.07, 6.45) is 5.15. The van der Waals surface area contributed by atoms with Crippen LogP contribution in [-0.2, 0) is 112 Å². The van der Waals surface area contributed by atoms with Crippen LogP contribution in [0.15, 0.2) is 97.3 Å². The standard InChI is InChI=1S/C92H126N20O21S/c1-51(2)37-65-89(130)108(6)74(84(125)97-45-76(95)116)49-134-50-78(118)100-67(39-53-27-29-56(113)30-28-53)90(131)111-35-18-26-72(111)86(127)106-68(43-75(94)115)91(132)110-34-17-25-71(110)83(124)98-46-77(117)99-66(38-52(3)4)92(133)112-48-57(114)42-73(112)87(128)104-63(40-54-44-96-60-21-15-13-19-58(54)60)81(122)101-61(31-33-93)80(121)103-64(41-55-47-109(36-32-79(119)120)69-23-16-14-20-59(55)69)82(123)102-62-22-11-9-7-8-10-12-24-70(85(126)105-65)107(5)88(62)129/h8,10,13-16,19-21,23,27-30,44,47,51-52,57,61-68,70-74,96,113-114H,7,9,11-12,17-18,22,24-26,31-43,45-46,48-50,93H2,1-6H3,(H2,94,115)(H2,95,116)(H,97,125)(H,98,124)(H,99,117)(H,100,118)(H,101,122)(H,102,123)(H,103,121)(H,104,128)(H,105,126)(H,106,127)(H,119,120)/b10-8+/t57-,61+,62?,63+,64+,65+,66+,67+,68-,70?,71-,72+,73+,74+/m1/s1. The molecular formula is C92H126N20O21S. The number of carbonyl (C=O) groups is 18. The minimum absolute atomic E-state index is 0.0133. The third-order valence-corrected chi connectivity index (χ3v) is 25.7. The fourth-order valence-corrected chi connectivity index (χ4v) is 18.8. The second kappa shape index (κ2) is 48.6. The molecule has 5 aliphatic rings. The number of primary amides is 2. The quantitative estimate of drug-likeness (QED) is 0.0394. The maximum absolute atomic E-state index is 15.7. The number of fused-ring (bicyclic) bond motifs is 8. The van der Waals surface area contributed by atoms with Gasteiger partial charge in [-0.2, -0.15) is 0 Å². The first-order valence-electron chi connectivity index (χ1n) is 45.6. The third kappa shape index (κ3) is 28.1. The Balaban J connectivity index is 1.01. The van der Waals surface area contributed by atoms with E-state index >= 15 is 43.2 Å². The number of hydrogen-bond donors (Lipinski definition) is 17. The van der Waals surface area contributed by atoms with E-state index in [1.54, 1.807) is 93.2 Å². The average Bonchev–Trinajstić information content (AvgIpc) is 1.52. The third-order valence-electron chi connectivity index (χ3n) is 24.7. The number of aryl methyl sites for hydroxylation is 1. The number of allylic oxidation sites excluding steroid dienone is 2. The predicted molar refractivity (Wildman–Crippen MR) is 492 cm³/mol. The monoisotopic (exact) mass is 1880 g/mol. The minimum atomic E-state index is -1.71. The number of nitrogens with two attached hydrogens (primary N) is 3. The molecule has 14 atom stereocenters. The van der Waals surface area contributed by atoms with Crippen molar-refractivity contribution in [2.45, 2.75) is 241 Å². The van der Waals surface area contributed by atoms with Crippen molar-refractivity contribution in [2.24, 2.45) is 29.0 Å². The van der Waals surface area contributed by atoms with Crippen molar-refractivity contribution >= 4 is 140 Å². The number of hydrogen-bond acceptors (Lipinski definition) is 22. The lowest BCUT2D eigenvalue weighted by atomic mass is 9.99. The van der Waals surface area contributed by atoms with Crippen LogP contribution in [0.4, 0.5) is 0 Å². The first kappa shape index (κ1) is 103. The van der Waals surface area contributed by atoms with E-state index in [1.165, 1.54) is 43.3 Å². The molecule has 41 nitrogen and oxygen atoms in total. The number of para-hydroxylation sites is 2. The smallest absolute Gasteiger partial charge is 0.305 e. The molecular weight excluding hydrogens is 1750 g/mol. The summed E-state index contributed by atoms with van der Waals surface area (Å²) in [5, 5.41) is 59.7. The molecule has 4 fully saturated rings. The summed E-state index contributed by atoms with van der Waals surface area (Å²) < 4.78 is 1.68. The molecule has 0 radical (unpaired) electrons. The van der Waals surface area contributed by atoms with Crippen LogP contribution in [-0.4, -0.2) is 305 Å². The number of benzene rings is 3. The number of aromatic nitrogens is 2. The van der Waals surface area contributed by atoms with Crippen LogP contribution < -0.4 is 70.4 Å². The molecule has 0 spiro atoms. The second-order valence-corrected chi connectivity index (χ2v) is 36.7. The number of phenols is 1. The summed E-state index contributed by atoms with van der Waals surface area (Å²) in [4.78, 5) is 270. The molecule has 726 valence electrons. The van der Waals surface area contributed by atoms with Crippen molar-refractivity contribution in [2.75, 3.05) is 64.9 Å². The van der Waals surface area contributed by atoms with Gasteiger partial charge in [-0.15, -0.1) is 11.8 Å². The molecule has 5 aliphatic heterocycles. The number of likely N-dealkylation sites (N-methyl/N-ethyl adjacent to an activating group) is 2. The fourth-order valence-electron chi connectivity index (χ4n) is 17.8. The zero-order chi connectivity index (χ0) is 97.3. The normalized spacial score (nSPS) is 25.8. The number of aliphatic carboxylic acids is 1. The molecule has 0 aliphatic carbocycles. The number of thioether (sulfide) groups is 1. The van der Waals surface area contributed by atoms with Crippen LogP contribution in [0.25, 0.3) is 21.8 Å². The molecule has 17 amide bonds. The number of carboxylic acid groups (broad SMARTS) is 1. The fraction of sp³-hybridized carbons (Fsp3) is 0.543. The van der Waals surface area contributed by atoms with Gasteiger partial charge in [0.05, 0.1) is 37.8 Å². The Hall–Kier alpha value is -13.0. The Morgan fingerprint density at radius 3 is 1.77 bits per heavy atom. The van der Waals surface area contributed by atoms with Crippen molar-refractivity contribution in [1.82, 2.24) is 87.2 Å². The van der Waals surface area contributed by atoms with E-state index in [9.17, 15) is 58.5 Å². The number of carbonyl (C=O) groups excluding carboxylic acids is 17. The Bertz CT molecular complexity index is 5160. The van der Waals surface area contributed by atoms with Crippen molar-refractivity contribution in [1.29, 1.82) is 0 Å². The first-order valence-corrected chi connectivity index (χ1v) is 46.7. The van der Waals surface area contributed by atoms with Crippen molar-refractivity contribution in [3.63, 3.8) is 0 Å². The molecule has 0 saturated carbocycles. The summed E-state index contributed by atoms with van der Waals surface area (Å²) in [7, 11) is 2.63. The molecule has 42 heteroatoms. The number of aliphatic hydroxyl groups excluding tert-OH is 1. The molecule has 3 aromatic carbocycles. The van der Waals surface area contributed by atoms with E-state index in [4.69, 9.17) is 17.2 Å². The van der Waals surface area contributed by atoms with E-state index in [-0.39, 0.29) is 146 Å². The average molecular weight is 1880 g/mol. The highest BCUT2D eigenvalue weighted by atomic mass is 32.2. The topological polar surface area (TPSA) is 603 Å². The molecule has 2 unspecified atom stereocenters. The highest BCUT2D eigenvalue weighted by Gasteiger charge is 2.47. The van der Waals surface area contributed by atoms with E-state index in [0.717, 1.165) is 31.4 Å². The summed E-state index contributed by atoms with van der Waals surface area (Å²) in [6, 6.07) is 0.476. The Morgan fingerprint density at radius 2 is 1.10 bits per heavy atom. The first-order chi connectivity index (χ1) is 63.9. The van der Waals surface area contributed by atoms with Crippen LogP contribution in [0.5, 0.6) is 5.75 Å². The van der Waals surface area contributed by atoms with E-state index in [1.807, 2.05) is 12.2 Å². The molecule has 134 heavy (non-hydrogen) atoms. The summed E-state index contributed by atoms with van der Waals surface area (Å²) >= 11 is 0.831. The van der Waals surface area contributed by atoms with Crippen LogP contribution in [0.2, 0.25) is 0 Å². The van der Waals surface area contributed by atoms with Crippen molar-refractivity contribution in [3.8, 4) is 5.75 Å². The number of amides is 17. The molecule has 2 bridgehead atoms. The van der Waals surface area contributed by atoms with E-state index in [0.29, 0.717) is 57.8 Å². The number of H-pyrrole nitrogens is 1. The van der Waals surface area contributed by atoms with Gasteiger partial charge in [0, 0.05) is 106 Å². The summed E-state index contributed by atoms with van der Waals surface area (Å²) in [5.41, 5.74) is 20.1. The van der Waals surface area contributed by atoms with Crippen LogP contribution in [0, 0.1) is 11.8 Å². The van der Waals surface area contributed by atoms with E-state index < -0.39 is 223 Å². The zero-order valence-corrected chi connectivity index (χ0v) is 77.1. The lowest BCUT2D eigenvalue weighted by Gasteiger charge is -2.34. The number of carboxylic acids is 1. The van der Waals surface area contributed by atoms with Crippen LogP contribution >= 0.6 is 11.8 Å². The van der Waals surface area contributed by atoms with Crippen LogP contribution in [0.1, 0.15) is 147 Å². The second-order valence-electron chi connectivity index (χ2n) is 35.7. The molecule has 10 rings (SSSR count). The minimum Gasteiger partial charge on any atom is -0.508 e.